The van der Waals surface area contributed by atoms with Crippen LogP contribution < -0.4 is 5.32 Å². The first kappa shape index (κ1) is 22.2. The van der Waals surface area contributed by atoms with E-state index in [1.165, 1.54) is 0 Å². The molecule has 1 saturated carbocycles. The number of aromatic amines is 1. The molecule has 2 aromatic rings. The molecule has 1 aromatic heterocycles. The number of para-hydroxylation sites is 1. The van der Waals surface area contributed by atoms with Crippen LogP contribution in [-0.4, -0.2) is 36.2 Å². The second-order valence-corrected chi connectivity index (χ2v) is 7.99. The summed E-state index contributed by atoms with van der Waals surface area (Å²) in [4.78, 5) is 28.2. The minimum absolute atomic E-state index is 0.294. The van der Waals surface area contributed by atoms with Crippen LogP contribution in [0.15, 0.2) is 18.2 Å². The van der Waals surface area contributed by atoms with Gasteiger partial charge in [-0.25, -0.2) is 0 Å². The molecule has 2 atom stereocenters. The number of carbonyl (C=O) groups is 2. The summed E-state index contributed by atoms with van der Waals surface area (Å²) < 4.78 is 41.5. The molecule has 0 unspecified atom stereocenters. The van der Waals surface area contributed by atoms with Gasteiger partial charge in [-0.05, 0) is 44.2 Å². The van der Waals surface area contributed by atoms with E-state index in [1.54, 1.807) is 0 Å². The molecule has 0 radical (unpaired) electrons. The summed E-state index contributed by atoms with van der Waals surface area (Å²) >= 11 is 0. The maximum absolute atomic E-state index is 12.7. The van der Waals surface area contributed by atoms with Gasteiger partial charge in [-0.2, -0.15) is 13.2 Å². The van der Waals surface area contributed by atoms with Gasteiger partial charge in [0.1, 0.15) is 0 Å². The van der Waals surface area contributed by atoms with Gasteiger partial charge in [0, 0.05) is 23.1 Å². The first-order valence-corrected chi connectivity index (χ1v) is 10.2. The number of halogens is 3. The van der Waals surface area contributed by atoms with E-state index in [4.69, 9.17) is 0 Å². The van der Waals surface area contributed by atoms with Gasteiger partial charge >= 0.3 is 12.1 Å². The third-order valence-corrected chi connectivity index (χ3v) is 5.82. The van der Waals surface area contributed by atoms with Crippen molar-refractivity contribution in [2.45, 2.75) is 52.1 Å². The van der Waals surface area contributed by atoms with Crippen molar-refractivity contribution in [1.29, 1.82) is 0 Å². The molecule has 164 valence electrons. The number of nitrogens with one attached hydrogen (secondary N) is 2. The third kappa shape index (κ3) is 5.15. The summed E-state index contributed by atoms with van der Waals surface area (Å²) in [7, 11) is 0. The first-order valence-electron chi connectivity index (χ1n) is 10.2. The van der Waals surface area contributed by atoms with E-state index in [0.717, 1.165) is 34.1 Å². The van der Waals surface area contributed by atoms with Crippen molar-refractivity contribution in [3.05, 3.63) is 35.0 Å². The zero-order valence-electron chi connectivity index (χ0n) is 17.2. The average molecular weight is 424 g/mol. The molecule has 0 bridgehead atoms. The summed E-state index contributed by atoms with van der Waals surface area (Å²) in [5, 5.41) is 3.99. The van der Waals surface area contributed by atoms with Crippen LogP contribution in [0, 0.1) is 25.7 Å². The maximum Gasteiger partial charge on any atom is 0.422 e. The number of benzene rings is 1. The third-order valence-electron chi connectivity index (χ3n) is 5.82. The number of H-pyrrole nitrogens is 1. The smallest absolute Gasteiger partial charge is 0.422 e. The van der Waals surface area contributed by atoms with Gasteiger partial charge in [0.05, 0.1) is 11.8 Å². The molecular weight excluding hydrogens is 397 g/mol. The molecule has 0 aliphatic heterocycles. The van der Waals surface area contributed by atoms with Gasteiger partial charge in [-0.15, -0.1) is 0 Å². The summed E-state index contributed by atoms with van der Waals surface area (Å²) in [6, 6.07) is 6.06. The predicted molar refractivity (Wildman–Crippen MR) is 107 cm³/mol. The fourth-order valence-electron chi connectivity index (χ4n) is 4.30. The summed E-state index contributed by atoms with van der Waals surface area (Å²) in [5.41, 5.74) is 4.39. The Morgan fingerprint density at radius 2 is 1.87 bits per heavy atom. The number of ether oxygens (including phenoxy) is 1. The molecule has 2 N–H and O–H groups in total. The van der Waals surface area contributed by atoms with Crippen LogP contribution >= 0.6 is 0 Å². The molecule has 1 amide bonds. The number of fused-ring (bicyclic) bond motifs is 1. The molecular formula is C22H27F3N2O3. The van der Waals surface area contributed by atoms with E-state index < -0.39 is 30.6 Å². The average Bonchev–Trinajstić information content (AvgIpc) is 3.02. The van der Waals surface area contributed by atoms with Crippen molar-refractivity contribution >= 4 is 22.8 Å². The molecule has 1 aliphatic rings. The monoisotopic (exact) mass is 424 g/mol. The highest BCUT2D eigenvalue weighted by atomic mass is 19.4. The molecule has 1 heterocycles. The Balaban J connectivity index is 1.60. The van der Waals surface area contributed by atoms with Gasteiger partial charge in [-0.1, -0.05) is 31.0 Å². The Morgan fingerprint density at radius 1 is 1.17 bits per heavy atom. The fourth-order valence-corrected chi connectivity index (χ4v) is 4.30. The zero-order chi connectivity index (χ0) is 21.9. The van der Waals surface area contributed by atoms with Crippen LogP contribution in [0.4, 0.5) is 13.2 Å². The molecule has 0 saturated heterocycles. The lowest BCUT2D eigenvalue weighted by Gasteiger charge is -2.29. The van der Waals surface area contributed by atoms with Gasteiger partial charge in [0.15, 0.2) is 6.61 Å². The first-order chi connectivity index (χ1) is 14.2. The minimum atomic E-state index is -4.57. The number of carbonyl (C=O) groups excluding carboxylic acids is 2. The summed E-state index contributed by atoms with van der Waals surface area (Å²) in [6.45, 7) is 2.80. The minimum Gasteiger partial charge on any atom is -0.456 e. The number of hydrogen-bond donors (Lipinski definition) is 2. The number of hydrogen-bond acceptors (Lipinski definition) is 3. The molecule has 1 fully saturated rings. The molecule has 30 heavy (non-hydrogen) atoms. The number of amides is 1. The van der Waals surface area contributed by atoms with Crippen molar-refractivity contribution in [1.82, 2.24) is 10.3 Å². The van der Waals surface area contributed by atoms with Crippen LogP contribution in [-0.2, 0) is 20.7 Å². The van der Waals surface area contributed by atoms with E-state index in [0.29, 0.717) is 32.2 Å². The zero-order valence-corrected chi connectivity index (χ0v) is 17.2. The van der Waals surface area contributed by atoms with Crippen LogP contribution in [0.3, 0.4) is 0 Å². The van der Waals surface area contributed by atoms with E-state index >= 15 is 0 Å². The van der Waals surface area contributed by atoms with Crippen molar-refractivity contribution < 1.29 is 27.5 Å². The van der Waals surface area contributed by atoms with Crippen LogP contribution in [0.2, 0.25) is 0 Å². The Morgan fingerprint density at radius 3 is 2.57 bits per heavy atom. The number of esters is 1. The number of alkyl halides is 3. The second kappa shape index (κ2) is 9.10. The number of rotatable bonds is 6. The quantitative estimate of drug-likeness (QED) is 0.677. The lowest BCUT2D eigenvalue weighted by atomic mass is 9.78. The highest BCUT2D eigenvalue weighted by Crippen LogP contribution is 2.32. The van der Waals surface area contributed by atoms with E-state index in [-0.39, 0.29) is 5.91 Å². The van der Waals surface area contributed by atoms with Crippen molar-refractivity contribution in [3.8, 4) is 0 Å². The van der Waals surface area contributed by atoms with Crippen LogP contribution in [0.25, 0.3) is 10.9 Å². The maximum atomic E-state index is 12.7. The second-order valence-electron chi connectivity index (χ2n) is 7.99. The van der Waals surface area contributed by atoms with Gasteiger partial charge in [-0.3, -0.25) is 9.59 Å². The standard InChI is InChI=1S/C22H27F3N2O3/c1-13-6-5-9-16-15(14(2)27-19(13)16)10-11-26-20(28)17-7-3-4-8-18(17)21(29)30-12-22(23,24)25/h5-6,9,17-18,27H,3-4,7-8,10-12H2,1-2H3,(H,26,28)/t17-,18+/m1/s1. The highest BCUT2D eigenvalue weighted by molar-refractivity contribution is 5.88. The highest BCUT2D eigenvalue weighted by Gasteiger charge is 2.38. The van der Waals surface area contributed by atoms with Gasteiger partial charge in [0.2, 0.25) is 5.91 Å². The van der Waals surface area contributed by atoms with Crippen LogP contribution in [0.1, 0.15) is 42.5 Å². The molecule has 5 nitrogen and oxygen atoms in total. The molecule has 1 aliphatic carbocycles. The molecule has 3 rings (SSSR count). The number of aromatic nitrogens is 1. The topological polar surface area (TPSA) is 71.2 Å². The van der Waals surface area contributed by atoms with E-state index in [9.17, 15) is 22.8 Å². The Kier molecular flexibility index (Phi) is 6.73. The van der Waals surface area contributed by atoms with Crippen molar-refractivity contribution in [3.63, 3.8) is 0 Å². The fraction of sp³-hybridized carbons (Fsp3) is 0.545. The van der Waals surface area contributed by atoms with E-state index in [1.807, 2.05) is 32.0 Å². The largest absolute Gasteiger partial charge is 0.456 e. The Labute approximate surface area is 173 Å². The number of aryl methyl sites for hydroxylation is 2. The molecule has 1 aromatic carbocycles. The Hall–Kier alpha value is -2.51. The van der Waals surface area contributed by atoms with Gasteiger partial charge in [0.25, 0.3) is 0 Å². The SMILES string of the molecule is Cc1[nH]c2c(C)cccc2c1CCNC(=O)[C@@H]1CCCC[C@@H]1C(=O)OCC(F)(F)F. The lowest BCUT2D eigenvalue weighted by Crippen LogP contribution is -2.41. The summed E-state index contributed by atoms with van der Waals surface area (Å²) in [6.07, 6.45) is -1.64. The predicted octanol–water partition coefficient (Wildman–Crippen LogP) is 4.36. The normalized spacial score (nSPS) is 19.6. The Bertz CT molecular complexity index is 920. The van der Waals surface area contributed by atoms with E-state index in [2.05, 4.69) is 15.0 Å². The summed E-state index contributed by atoms with van der Waals surface area (Å²) in [5.74, 6) is -2.70. The molecule has 0 spiro atoms. The lowest BCUT2D eigenvalue weighted by molar-refractivity contribution is -0.191. The van der Waals surface area contributed by atoms with Crippen LogP contribution in [0.5, 0.6) is 0 Å². The molecule has 8 heteroatoms. The van der Waals surface area contributed by atoms with Crippen molar-refractivity contribution in [2.24, 2.45) is 11.8 Å². The van der Waals surface area contributed by atoms with Crippen molar-refractivity contribution in [2.75, 3.05) is 13.2 Å². The van der Waals surface area contributed by atoms with Gasteiger partial charge < -0.3 is 15.0 Å².